The van der Waals surface area contributed by atoms with Gasteiger partial charge in [0.2, 0.25) is 0 Å². The van der Waals surface area contributed by atoms with Crippen molar-refractivity contribution < 1.29 is 9.53 Å². The van der Waals surface area contributed by atoms with Crippen LogP contribution < -0.4 is 4.72 Å². The van der Waals surface area contributed by atoms with Gasteiger partial charge in [-0.1, -0.05) is 17.7 Å². The van der Waals surface area contributed by atoms with Crippen LogP contribution in [0.5, 0.6) is 0 Å². The topological polar surface area (TPSA) is 56.2 Å². The van der Waals surface area contributed by atoms with Gasteiger partial charge in [0.25, 0.3) is 0 Å². The molecule has 0 unspecified atom stereocenters. The number of benzene rings is 2. The van der Waals surface area contributed by atoms with Gasteiger partial charge in [-0.3, -0.25) is 4.79 Å². The minimum atomic E-state index is -0.190. The Bertz CT molecular complexity index is 971. The van der Waals surface area contributed by atoms with Gasteiger partial charge >= 0.3 is 5.97 Å². The molecule has 0 aliphatic rings. The van der Waals surface area contributed by atoms with Crippen LogP contribution in [0.2, 0.25) is 5.02 Å². The maximum atomic E-state index is 11.6. The number of rotatable bonds is 7. The molecule has 0 aliphatic carbocycles. The quantitative estimate of drug-likeness (QED) is 0.424. The summed E-state index contributed by atoms with van der Waals surface area (Å²) in [6.07, 6.45) is 0.337. The molecule has 2 aromatic carbocycles. The van der Waals surface area contributed by atoms with E-state index in [1.807, 2.05) is 61.7 Å². The first kappa shape index (κ1) is 19.6. The molecule has 3 aromatic rings. The number of esters is 1. The first-order valence-electron chi connectivity index (χ1n) is 8.80. The molecule has 0 atom stereocenters. The highest BCUT2D eigenvalue weighted by Gasteiger charge is 2.11. The average Bonchev–Trinajstić information content (AvgIpc) is 2.96. The Morgan fingerprint density at radius 2 is 2.11 bits per heavy atom. The number of fused-ring (bicyclic) bond motifs is 1. The molecule has 1 N–H and O–H groups in total. The second-order valence-electron chi connectivity index (χ2n) is 6.14. The van der Waals surface area contributed by atoms with Crippen molar-refractivity contribution in [3.63, 3.8) is 0 Å². The van der Waals surface area contributed by atoms with Crippen LogP contribution in [0.1, 0.15) is 24.7 Å². The summed E-state index contributed by atoms with van der Waals surface area (Å²) in [7, 11) is 0. The predicted molar refractivity (Wildman–Crippen MR) is 111 cm³/mol. The zero-order valence-electron chi connectivity index (χ0n) is 15.6. The smallest absolute Gasteiger partial charge is 0.307 e. The summed E-state index contributed by atoms with van der Waals surface area (Å²) in [5.41, 5.74) is 3.91. The van der Waals surface area contributed by atoms with Gasteiger partial charge in [-0.25, -0.2) is 4.98 Å². The number of aromatic nitrogens is 2. The molecule has 0 fully saturated rings. The average molecular weight is 404 g/mol. The van der Waals surface area contributed by atoms with Crippen molar-refractivity contribution in [1.82, 2.24) is 9.55 Å². The molecular weight excluding hydrogens is 382 g/mol. The molecule has 0 spiro atoms. The fourth-order valence-corrected chi connectivity index (χ4v) is 3.84. The van der Waals surface area contributed by atoms with E-state index >= 15 is 0 Å². The Labute approximate surface area is 168 Å². The fourth-order valence-electron chi connectivity index (χ4n) is 2.84. The third kappa shape index (κ3) is 4.57. The summed E-state index contributed by atoms with van der Waals surface area (Å²) >= 11 is 7.70. The normalized spacial score (nSPS) is 11.0. The second-order valence-corrected chi connectivity index (χ2v) is 7.39. The van der Waals surface area contributed by atoms with Crippen molar-refractivity contribution in [2.24, 2.45) is 0 Å². The van der Waals surface area contributed by atoms with Gasteiger partial charge in [-0.05, 0) is 68.6 Å². The summed E-state index contributed by atoms with van der Waals surface area (Å²) in [4.78, 5) is 17.3. The first-order chi connectivity index (χ1) is 13.0. The Morgan fingerprint density at radius 3 is 2.89 bits per heavy atom. The maximum Gasteiger partial charge on any atom is 0.307 e. The molecule has 142 valence electrons. The van der Waals surface area contributed by atoms with Gasteiger partial charge in [0.1, 0.15) is 5.82 Å². The number of hydrogen-bond acceptors (Lipinski definition) is 5. The molecule has 0 saturated carbocycles. The number of nitrogens with one attached hydrogen (secondary N) is 1. The van der Waals surface area contributed by atoms with Gasteiger partial charge in [0, 0.05) is 22.2 Å². The summed E-state index contributed by atoms with van der Waals surface area (Å²) in [5, 5.41) is 0.758. The number of aryl methyl sites for hydroxylation is 2. The predicted octanol–water partition coefficient (Wildman–Crippen LogP) is 5.38. The van der Waals surface area contributed by atoms with E-state index in [9.17, 15) is 4.79 Å². The highest BCUT2D eigenvalue weighted by Crippen LogP contribution is 2.29. The van der Waals surface area contributed by atoms with Gasteiger partial charge < -0.3 is 14.0 Å². The van der Waals surface area contributed by atoms with Crippen molar-refractivity contribution in [1.29, 1.82) is 0 Å². The zero-order chi connectivity index (χ0) is 19.4. The van der Waals surface area contributed by atoms with E-state index < -0.39 is 0 Å². The molecule has 3 rings (SSSR count). The standard InChI is InChI=1S/C20H22ClN3O2S/c1-4-26-20(25)10-11-24-14(3)22-17-12-15(8-9-18(17)24)23-27-19-7-5-6-16(21)13(19)2/h5-9,12,23H,4,10-11H2,1-3H3. The molecule has 0 amide bonds. The van der Waals surface area contributed by atoms with E-state index in [1.54, 1.807) is 0 Å². The van der Waals surface area contributed by atoms with Gasteiger partial charge in [0.05, 0.1) is 24.1 Å². The van der Waals surface area contributed by atoms with Crippen LogP contribution in [0, 0.1) is 13.8 Å². The van der Waals surface area contributed by atoms with Crippen LogP contribution in [-0.2, 0) is 16.1 Å². The van der Waals surface area contributed by atoms with Crippen LogP contribution in [0.3, 0.4) is 0 Å². The molecule has 1 aromatic heterocycles. The largest absolute Gasteiger partial charge is 0.466 e. The molecule has 1 heterocycles. The first-order valence-corrected chi connectivity index (χ1v) is 9.99. The number of carbonyl (C=O) groups excluding carboxylic acids is 1. The number of hydrogen-bond donors (Lipinski definition) is 1. The van der Waals surface area contributed by atoms with Crippen LogP contribution in [0.4, 0.5) is 5.69 Å². The third-order valence-electron chi connectivity index (χ3n) is 4.28. The molecule has 5 nitrogen and oxygen atoms in total. The minimum Gasteiger partial charge on any atom is -0.466 e. The van der Waals surface area contributed by atoms with Crippen molar-refractivity contribution in [2.75, 3.05) is 11.3 Å². The molecule has 0 saturated heterocycles. The molecule has 0 radical (unpaired) electrons. The number of ether oxygens (including phenoxy) is 1. The third-order valence-corrected chi connectivity index (χ3v) is 5.69. The van der Waals surface area contributed by atoms with E-state index in [1.165, 1.54) is 11.9 Å². The number of halogens is 1. The van der Waals surface area contributed by atoms with E-state index in [0.29, 0.717) is 19.6 Å². The zero-order valence-corrected chi connectivity index (χ0v) is 17.2. The van der Waals surface area contributed by atoms with Crippen molar-refractivity contribution in [3.8, 4) is 0 Å². The van der Waals surface area contributed by atoms with Gasteiger partial charge in [-0.2, -0.15) is 0 Å². The summed E-state index contributed by atoms with van der Waals surface area (Å²) in [5.74, 6) is 0.690. The number of carbonyl (C=O) groups is 1. The van der Waals surface area contributed by atoms with E-state index in [0.717, 1.165) is 38.0 Å². The monoisotopic (exact) mass is 403 g/mol. The van der Waals surface area contributed by atoms with Crippen molar-refractivity contribution in [3.05, 3.63) is 52.8 Å². The summed E-state index contributed by atoms with van der Waals surface area (Å²) < 4.78 is 10.4. The number of anilines is 1. The molecule has 0 aliphatic heterocycles. The highest BCUT2D eigenvalue weighted by atomic mass is 35.5. The van der Waals surface area contributed by atoms with Crippen LogP contribution >= 0.6 is 23.5 Å². The lowest BCUT2D eigenvalue weighted by molar-refractivity contribution is -0.143. The molecule has 0 bridgehead atoms. The fraction of sp³-hybridized carbons (Fsp3) is 0.300. The SMILES string of the molecule is CCOC(=O)CCn1c(C)nc2cc(NSc3cccc(Cl)c3C)ccc21. The number of nitrogens with zero attached hydrogens (tertiary/aromatic N) is 2. The Kier molecular flexibility index (Phi) is 6.29. The Morgan fingerprint density at radius 1 is 1.30 bits per heavy atom. The van der Waals surface area contributed by atoms with E-state index in [4.69, 9.17) is 16.3 Å². The molecule has 27 heavy (non-hydrogen) atoms. The van der Waals surface area contributed by atoms with E-state index in [2.05, 4.69) is 9.71 Å². The van der Waals surface area contributed by atoms with Crippen LogP contribution in [-0.4, -0.2) is 22.1 Å². The molecule has 7 heteroatoms. The minimum absolute atomic E-state index is 0.190. The Balaban J connectivity index is 1.74. The van der Waals surface area contributed by atoms with Crippen molar-refractivity contribution >= 4 is 46.2 Å². The second kappa shape index (κ2) is 8.67. The Hall–Kier alpha value is -2.18. The lowest BCUT2D eigenvalue weighted by atomic mass is 10.2. The summed E-state index contributed by atoms with van der Waals surface area (Å²) in [6, 6.07) is 11.9. The van der Waals surface area contributed by atoms with Crippen molar-refractivity contribution in [2.45, 2.75) is 38.6 Å². The van der Waals surface area contributed by atoms with Gasteiger partial charge in [0.15, 0.2) is 0 Å². The van der Waals surface area contributed by atoms with Crippen LogP contribution in [0.25, 0.3) is 11.0 Å². The van der Waals surface area contributed by atoms with Gasteiger partial charge in [-0.15, -0.1) is 0 Å². The summed E-state index contributed by atoms with van der Waals surface area (Å²) in [6.45, 7) is 6.73. The number of imidazole rings is 1. The van der Waals surface area contributed by atoms with Crippen LogP contribution in [0.15, 0.2) is 41.3 Å². The lowest BCUT2D eigenvalue weighted by Crippen LogP contribution is -2.09. The maximum absolute atomic E-state index is 11.6. The lowest BCUT2D eigenvalue weighted by Gasteiger charge is -2.09. The highest BCUT2D eigenvalue weighted by molar-refractivity contribution is 8.00. The van der Waals surface area contributed by atoms with E-state index in [-0.39, 0.29) is 5.97 Å². The molecular formula is C20H22ClN3O2S.